The van der Waals surface area contributed by atoms with Crippen molar-refractivity contribution in [2.45, 2.75) is 6.10 Å². The van der Waals surface area contributed by atoms with Gasteiger partial charge >= 0.3 is 0 Å². The fourth-order valence-electron chi connectivity index (χ4n) is 0.881. The molecule has 0 aliphatic carbocycles. The fraction of sp³-hybridized carbons (Fsp3) is 0.250. The number of alkyl halides is 1. The van der Waals surface area contributed by atoms with Crippen LogP contribution in [0.15, 0.2) is 16.6 Å². The van der Waals surface area contributed by atoms with Gasteiger partial charge in [0.1, 0.15) is 0 Å². The molecule has 13 heavy (non-hydrogen) atoms. The summed E-state index contributed by atoms with van der Waals surface area (Å²) in [5.74, 6) is -2.25. The molecule has 1 unspecified atom stereocenters. The van der Waals surface area contributed by atoms with Crippen molar-refractivity contribution >= 4 is 27.5 Å². The second kappa shape index (κ2) is 4.35. The predicted molar refractivity (Wildman–Crippen MR) is 49.7 cm³/mol. The van der Waals surface area contributed by atoms with Crippen LogP contribution in [-0.4, -0.2) is 11.0 Å². The van der Waals surface area contributed by atoms with E-state index in [1.54, 1.807) is 0 Å². The average molecular weight is 271 g/mol. The molecule has 0 saturated carbocycles. The van der Waals surface area contributed by atoms with Crippen LogP contribution >= 0.6 is 27.5 Å². The summed E-state index contributed by atoms with van der Waals surface area (Å²) >= 11 is 8.12. The van der Waals surface area contributed by atoms with Gasteiger partial charge in [-0.05, 0) is 22.0 Å². The highest BCUT2D eigenvalue weighted by Gasteiger charge is 2.16. The van der Waals surface area contributed by atoms with E-state index in [2.05, 4.69) is 15.9 Å². The first-order chi connectivity index (χ1) is 6.07. The molecular weight excluding hydrogens is 265 g/mol. The maximum Gasteiger partial charge on any atom is 0.173 e. The zero-order chi connectivity index (χ0) is 10.0. The first-order valence-electron chi connectivity index (χ1n) is 3.45. The number of aliphatic hydroxyl groups is 1. The first kappa shape index (κ1) is 10.9. The van der Waals surface area contributed by atoms with Gasteiger partial charge in [0, 0.05) is 5.56 Å². The second-order valence-corrected chi connectivity index (χ2v) is 3.60. The van der Waals surface area contributed by atoms with Crippen molar-refractivity contribution in [3.05, 3.63) is 33.8 Å². The molecule has 0 bridgehead atoms. The zero-order valence-electron chi connectivity index (χ0n) is 6.40. The number of hydrogen-bond donors (Lipinski definition) is 1. The van der Waals surface area contributed by atoms with Crippen molar-refractivity contribution in [1.82, 2.24) is 0 Å². The summed E-state index contributed by atoms with van der Waals surface area (Å²) in [4.78, 5) is 0. The van der Waals surface area contributed by atoms with Crippen molar-refractivity contribution in [3.63, 3.8) is 0 Å². The third kappa shape index (κ3) is 2.18. The molecule has 0 fully saturated rings. The predicted octanol–water partition coefficient (Wildman–Crippen LogP) is 3.00. The van der Waals surface area contributed by atoms with E-state index in [9.17, 15) is 13.9 Å². The molecule has 0 amide bonds. The molecule has 0 radical (unpaired) electrons. The van der Waals surface area contributed by atoms with Crippen LogP contribution in [0.2, 0.25) is 0 Å². The fourth-order valence-corrected chi connectivity index (χ4v) is 1.35. The van der Waals surface area contributed by atoms with Crippen LogP contribution in [0.5, 0.6) is 0 Å². The van der Waals surface area contributed by atoms with Crippen LogP contribution in [0.25, 0.3) is 0 Å². The van der Waals surface area contributed by atoms with Crippen LogP contribution < -0.4 is 0 Å². The lowest BCUT2D eigenvalue weighted by Crippen LogP contribution is -2.04. The van der Waals surface area contributed by atoms with Gasteiger partial charge in [0.05, 0.1) is 16.5 Å². The van der Waals surface area contributed by atoms with Crippen LogP contribution in [0.3, 0.4) is 0 Å². The van der Waals surface area contributed by atoms with Gasteiger partial charge in [-0.1, -0.05) is 6.07 Å². The molecule has 1 nitrogen and oxygen atoms in total. The molecule has 0 heterocycles. The molecule has 1 aromatic rings. The number of rotatable bonds is 2. The van der Waals surface area contributed by atoms with Crippen LogP contribution in [0.1, 0.15) is 11.7 Å². The van der Waals surface area contributed by atoms with Crippen LogP contribution in [-0.2, 0) is 0 Å². The molecular formula is C8H6BrClF2O. The Balaban J connectivity index is 3.18. The van der Waals surface area contributed by atoms with Gasteiger partial charge < -0.3 is 5.11 Å². The number of hydrogen-bond acceptors (Lipinski definition) is 1. The van der Waals surface area contributed by atoms with Crippen molar-refractivity contribution in [1.29, 1.82) is 0 Å². The Morgan fingerprint density at radius 2 is 2.00 bits per heavy atom. The maximum absolute atomic E-state index is 13.1. The van der Waals surface area contributed by atoms with Crippen molar-refractivity contribution in [2.24, 2.45) is 0 Å². The molecule has 5 heteroatoms. The third-order valence-electron chi connectivity index (χ3n) is 1.57. The Bertz CT molecular complexity index is 319. The topological polar surface area (TPSA) is 20.2 Å². The maximum atomic E-state index is 13.1. The third-order valence-corrected chi connectivity index (χ3v) is 2.47. The lowest BCUT2D eigenvalue weighted by atomic mass is 10.1. The van der Waals surface area contributed by atoms with E-state index in [1.807, 2.05) is 0 Å². The summed E-state index contributed by atoms with van der Waals surface area (Å²) in [5.41, 5.74) is -0.129. The molecule has 0 aliphatic heterocycles. The highest BCUT2D eigenvalue weighted by Crippen LogP contribution is 2.25. The van der Waals surface area contributed by atoms with E-state index < -0.39 is 17.7 Å². The lowest BCUT2D eigenvalue weighted by Gasteiger charge is -2.09. The molecule has 0 spiro atoms. The Labute approximate surface area is 87.5 Å². The Morgan fingerprint density at radius 1 is 1.38 bits per heavy atom. The first-order valence-corrected chi connectivity index (χ1v) is 4.78. The lowest BCUT2D eigenvalue weighted by molar-refractivity contribution is 0.196. The molecule has 1 N–H and O–H groups in total. The van der Waals surface area contributed by atoms with Crippen molar-refractivity contribution in [2.75, 3.05) is 5.88 Å². The van der Waals surface area contributed by atoms with E-state index in [4.69, 9.17) is 11.6 Å². The molecule has 1 rings (SSSR count). The second-order valence-electron chi connectivity index (χ2n) is 2.43. The molecule has 0 aromatic heterocycles. The van der Waals surface area contributed by atoms with Crippen LogP contribution in [0, 0.1) is 11.6 Å². The number of benzene rings is 1. The quantitative estimate of drug-likeness (QED) is 0.647. The SMILES string of the molecule is OC(CCl)c1ccc(Br)c(F)c1F. The molecule has 1 aromatic carbocycles. The van der Waals surface area contributed by atoms with E-state index in [1.165, 1.54) is 12.1 Å². The molecule has 72 valence electrons. The minimum absolute atomic E-state index is 0.0236. The van der Waals surface area contributed by atoms with E-state index in [-0.39, 0.29) is 15.9 Å². The highest BCUT2D eigenvalue weighted by molar-refractivity contribution is 9.10. The normalized spacial score (nSPS) is 13.0. The van der Waals surface area contributed by atoms with Crippen molar-refractivity contribution < 1.29 is 13.9 Å². The number of aliphatic hydroxyl groups excluding tert-OH is 1. The minimum Gasteiger partial charge on any atom is -0.387 e. The van der Waals surface area contributed by atoms with Gasteiger partial charge in [-0.25, -0.2) is 8.78 Å². The standard InChI is InChI=1S/C8H6BrClF2O/c9-5-2-1-4(6(13)3-10)7(11)8(5)12/h1-2,6,13H,3H2. The van der Waals surface area contributed by atoms with Gasteiger partial charge in [-0.3, -0.25) is 0 Å². The minimum atomic E-state index is -1.18. The van der Waals surface area contributed by atoms with Crippen LogP contribution in [0.4, 0.5) is 8.78 Å². The van der Waals surface area contributed by atoms with E-state index >= 15 is 0 Å². The summed E-state index contributed by atoms with van der Waals surface area (Å²) in [6.07, 6.45) is -1.18. The highest BCUT2D eigenvalue weighted by atomic mass is 79.9. The summed E-state index contributed by atoms with van der Waals surface area (Å²) in [7, 11) is 0. The molecule has 0 saturated heterocycles. The van der Waals surface area contributed by atoms with Gasteiger partial charge in [0.25, 0.3) is 0 Å². The Hall–Kier alpha value is -0.190. The van der Waals surface area contributed by atoms with Crippen molar-refractivity contribution in [3.8, 4) is 0 Å². The summed E-state index contributed by atoms with van der Waals surface area (Å²) in [5, 5.41) is 9.17. The monoisotopic (exact) mass is 270 g/mol. The zero-order valence-corrected chi connectivity index (χ0v) is 8.74. The van der Waals surface area contributed by atoms with Gasteiger partial charge in [-0.15, -0.1) is 11.6 Å². The summed E-state index contributed by atoms with van der Waals surface area (Å²) < 4.78 is 26.0. The largest absolute Gasteiger partial charge is 0.387 e. The van der Waals surface area contributed by atoms with E-state index in [0.29, 0.717) is 0 Å². The van der Waals surface area contributed by atoms with Gasteiger partial charge in [0.15, 0.2) is 11.6 Å². The summed E-state index contributed by atoms with van der Waals surface area (Å²) in [6.45, 7) is 0. The van der Waals surface area contributed by atoms with Gasteiger partial charge in [0.2, 0.25) is 0 Å². The number of halogens is 4. The van der Waals surface area contributed by atoms with Gasteiger partial charge in [-0.2, -0.15) is 0 Å². The average Bonchev–Trinajstić information content (AvgIpc) is 2.13. The Morgan fingerprint density at radius 3 is 2.54 bits per heavy atom. The van der Waals surface area contributed by atoms with E-state index in [0.717, 1.165) is 0 Å². The smallest absolute Gasteiger partial charge is 0.173 e. The Kier molecular flexibility index (Phi) is 3.64. The summed E-state index contributed by atoms with van der Waals surface area (Å²) in [6, 6.07) is 2.61. The molecule has 0 aliphatic rings. The molecule has 1 atom stereocenters.